The van der Waals surface area contributed by atoms with E-state index in [1.165, 1.54) is 12.1 Å². The highest BCUT2D eigenvalue weighted by molar-refractivity contribution is 6.43. The van der Waals surface area contributed by atoms with E-state index < -0.39 is 6.10 Å². The van der Waals surface area contributed by atoms with Gasteiger partial charge >= 0.3 is 0 Å². The number of carbonyl (C=O) groups is 1. The molecule has 1 unspecified atom stereocenters. The van der Waals surface area contributed by atoms with Gasteiger partial charge in [0.1, 0.15) is 5.75 Å². The Balaban J connectivity index is 2.48. The Bertz CT molecular complexity index is 454. The van der Waals surface area contributed by atoms with Crippen LogP contribution in [0, 0.1) is 0 Å². The molecule has 0 radical (unpaired) electrons. The number of hydrogen-bond donors (Lipinski definition) is 2. The molecule has 1 rings (SSSR count). The summed E-state index contributed by atoms with van der Waals surface area (Å²) in [5.41, 5.74) is 0. The number of nitrogens with one attached hydrogen (secondary N) is 1. The summed E-state index contributed by atoms with van der Waals surface area (Å²) in [5, 5.41) is 12.7. The van der Waals surface area contributed by atoms with Crippen molar-refractivity contribution in [2.24, 2.45) is 0 Å². The lowest BCUT2D eigenvalue weighted by Crippen LogP contribution is -2.35. The Labute approximate surface area is 126 Å². The Morgan fingerprint density at radius 1 is 1.32 bits per heavy atom. The van der Waals surface area contributed by atoms with Crippen LogP contribution in [0.4, 0.5) is 0 Å². The minimum absolute atomic E-state index is 0.188. The highest BCUT2D eigenvalue weighted by Gasteiger charge is 2.10. The second-order valence-corrected chi connectivity index (χ2v) is 5.07. The van der Waals surface area contributed by atoms with Gasteiger partial charge in [0.2, 0.25) is 0 Å². The standard InChI is InChI=1S/C12H14Cl3NO3/c1-2-7(17)5-16-12(18)6-19-11-4-9(14)8(13)3-10(11)15/h3-4,7,17H,2,5-6H2,1H3,(H,16,18). The Hall–Kier alpha value is -0.680. The zero-order chi connectivity index (χ0) is 14.4. The highest BCUT2D eigenvalue weighted by Crippen LogP contribution is 2.33. The van der Waals surface area contributed by atoms with E-state index in [0.29, 0.717) is 16.5 Å². The van der Waals surface area contributed by atoms with Crippen molar-refractivity contribution in [1.82, 2.24) is 5.32 Å². The topological polar surface area (TPSA) is 58.6 Å². The van der Waals surface area contributed by atoms with Crippen molar-refractivity contribution in [2.75, 3.05) is 13.2 Å². The molecule has 0 heterocycles. The van der Waals surface area contributed by atoms with Crippen LogP contribution < -0.4 is 10.1 Å². The summed E-state index contributed by atoms with van der Waals surface area (Å²) in [4.78, 5) is 11.5. The van der Waals surface area contributed by atoms with Crippen LogP contribution in [-0.4, -0.2) is 30.3 Å². The molecule has 1 atom stereocenters. The van der Waals surface area contributed by atoms with Crippen LogP contribution in [0.3, 0.4) is 0 Å². The van der Waals surface area contributed by atoms with Crippen molar-refractivity contribution in [2.45, 2.75) is 19.4 Å². The summed E-state index contributed by atoms with van der Waals surface area (Å²) in [6.07, 6.45) is 0.0113. The first-order valence-electron chi connectivity index (χ1n) is 5.66. The lowest BCUT2D eigenvalue weighted by atomic mass is 10.3. The van der Waals surface area contributed by atoms with Gasteiger partial charge in [-0.2, -0.15) is 0 Å². The van der Waals surface area contributed by atoms with Crippen molar-refractivity contribution in [1.29, 1.82) is 0 Å². The summed E-state index contributed by atoms with van der Waals surface area (Å²) < 4.78 is 5.23. The molecule has 0 aliphatic heterocycles. The largest absolute Gasteiger partial charge is 0.482 e. The number of carbonyl (C=O) groups excluding carboxylic acids is 1. The van der Waals surface area contributed by atoms with Crippen LogP contribution in [-0.2, 0) is 4.79 Å². The number of rotatable bonds is 6. The van der Waals surface area contributed by atoms with Gasteiger partial charge in [0.25, 0.3) is 5.91 Å². The van der Waals surface area contributed by atoms with E-state index in [9.17, 15) is 9.90 Å². The summed E-state index contributed by atoms with van der Waals surface area (Å²) in [6, 6.07) is 2.89. The van der Waals surface area contributed by atoms with Crippen LogP contribution in [0.15, 0.2) is 12.1 Å². The molecule has 1 aromatic rings. The zero-order valence-corrected chi connectivity index (χ0v) is 12.5. The van der Waals surface area contributed by atoms with Gasteiger partial charge in [-0.3, -0.25) is 4.79 Å². The quantitative estimate of drug-likeness (QED) is 0.790. The minimum atomic E-state index is -0.558. The monoisotopic (exact) mass is 325 g/mol. The molecule has 0 aliphatic carbocycles. The molecule has 1 aromatic carbocycles. The maximum Gasteiger partial charge on any atom is 0.258 e. The molecule has 0 bridgehead atoms. The number of aliphatic hydroxyl groups is 1. The third-order valence-electron chi connectivity index (χ3n) is 2.34. The van der Waals surface area contributed by atoms with Crippen molar-refractivity contribution in [3.63, 3.8) is 0 Å². The molecular formula is C12H14Cl3NO3. The maximum absolute atomic E-state index is 11.5. The second kappa shape index (κ2) is 7.80. The predicted molar refractivity (Wildman–Crippen MR) is 76.3 cm³/mol. The van der Waals surface area contributed by atoms with Crippen molar-refractivity contribution < 1.29 is 14.6 Å². The average Bonchev–Trinajstić information content (AvgIpc) is 2.38. The van der Waals surface area contributed by atoms with Crippen molar-refractivity contribution in [3.8, 4) is 5.75 Å². The summed E-state index contributed by atoms with van der Waals surface area (Å²) in [6.45, 7) is 1.80. The van der Waals surface area contributed by atoms with Gasteiger partial charge in [0.05, 0.1) is 21.2 Å². The van der Waals surface area contributed by atoms with Crippen LogP contribution in [0.25, 0.3) is 0 Å². The number of halogens is 3. The first-order valence-corrected chi connectivity index (χ1v) is 6.79. The van der Waals surface area contributed by atoms with E-state index in [4.69, 9.17) is 39.5 Å². The lowest BCUT2D eigenvalue weighted by molar-refractivity contribution is -0.123. The fourth-order valence-corrected chi connectivity index (χ4v) is 1.78. The molecule has 0 spiro atoms. The molecule has 106 valence electrons. The van der Waals surface area contributed by atoms with Gasteiger partial charge in [-0.05, 0) is 12.5 Å². The number of hydrogen-bond acceptors (Lipinski definition) is 3. The van der Waals surface area contributed by atoms with Gasteiger partial charge in [0, 0.05) is 12.6 Å². The lowest BCUT2D eigenvalue weighted by Gasteiger charge is -2.11. The van der Waals surface area contributed by atoms with Crippen LogP contribution in [0.2, 0.25) is 15.1 Å². The van der Waals surface area contributed by atoms with Crippen molar-refractivity contribution >= 4 is 40.7 Å². The highest BCUT2D eigenvalue weighted by atomic mass is 35.5. The number of aliphatic hydroxyl groups excluding tert-OH is 1. The van der Waals surface area contributed by atoms with Gasteiger partial charge in [-0.15, -0.1) is 0 Å². The van der Waals surface area contributed by atoms with Crippen LogP contribution in [0.5, 0.6) is 5.75 Å². The maximum atomic E-state index is 11.5. The number of amides is 1. The fourth-order valence-electron chi connectivity index (χ4n) is 1.19. The predicted octanol–water partition coefficient (Wildman–Crippen LogP) is 2.91. The fraction of sp³-hybridized carbons (Fsp3) is 0.417. The van der Waals surface area contributed by atoms with E-state index in [2.05, 4.69) is 5.32 Å². The summed E-state index contributed by atoms with van der Waals surface area (Å²) >= 11 is 17.5. The molecular weight excluding hydrogens is 312 g/mol. The second-order valence-electron chi connectivity index (χ2n) is 3.85. The molecule has 0 aromatic heterocycles. The third kappa shape index (κ3) is 5.45. The Kier molecular flexibility index (Phi) is 6.72. The molecule has 19 heavy (non-hydrogen) atoms. The summed E-state index contributed by atoms with van der Waals surface area (Å²) in [7, 11) is 0. The Morgan fingerprint density at radius 3 is 2.58 bits per heavy atom. The molecule has 1 amide bonds. The van der Waals surface area contributed by atoms with E-state index >= 15 is 0 Å². The smallest absolute Gasteiger partial charge is 0.258 e. The van der Waals surface area contributed by atoms with Gasteiger partial charge < -0.3 is 15.2 Å². The minimum Gasteiger partial charge on any atom is -0.482 e. The SMILES string of the molecule is CCC(O)CNC(=O)COc1cc(Cl)c(Cl)cc1Cl. The molecule has 0 saturated carbocycles. The normalized spacial score (nSPS) is 12.1. The van der Waals surface area contributed by atoms with Gasteiger partial charge in [-0.25, -0.2) is 0 Å². The molecule has 4 nitrogen and oxygen atoms in total. The number of benzene rings is 1. The Morgan fingerprint density at radius 2 is 1.95 bits per heavy atom. The first-order chi connectivity index (χ1) is 8.93. The van der Waals surface area contributed by atoms with E-state index in [1.54, 1.807) is 0 Å². The van der Waals surface area contributed by atoms with E-state index in [1.807, 2.05) is 6.92 Å². The first kappa shape index (κ1) is 16.4. The average molecular weight is 327 g/mol. The van der Waals surface area contributed by atoms with Crippen molar-refractivity contribution in [3.05, 3.63) is 27.2 Å². The summed E-state index contributed by atoms with van der Waals surface area (Å²) in [5.74, 6) is -0.0723. The molecule has 0 aliphatic rings. The third-order valence-corrected chi connectivity index (χ3v) is 3.36. The van der Waals surface area contributed by atoms with Gasteiger partial charge in [0.15, 0.2) is 6.61 Å². The molecule has 0 fully saturated rings. The van der Waals surface area contributed by atoms with E-state index in [0.717, 1.165) is 0 Å². The zero-order valence-electron chi connectivity index (χ0n) is 10.3. The van der Waals surface area contributed by atoms with E-state index in [-0.39, 0.29) is 29.8 Å². The molecule has 0 saturated heterocycles. The van der Waals surface area contributed by atoms with Gasteiger partial charge in [-0.1, -0.05) is 41.7 Å². The number of ether oxygens (including phenoxy) is 1. The van der Waals surface area contributed by atoms with Crippen LogP contribution in [0.1, 0.15) is 13.3 Å². The molecule has 2 N–H and O–H groups in total. The van der Waals surface area contributed by atoms with Crippen LogP contribution >= 0.6 is 34.8 Å². The molecule has 7 heteroatoms.